The van der Waals surface area contributed by atoms with Crippen LogP contribution in [0.2, 0.25) is 0 Å². The summed E-state index contributed by atoms with van der Waals surface area (Å²) >= 11 is 0. The molecule has 0 bridgehead atoms. The van der Waals surface area contributed by atoms with Gasteiger partial charge in [0.15, 0.2) is 35.2 Å². The monoisotopic (exact) mass is 486 g/mol. The molecule has 3 rings (SSSR count). The first-order valence-corrected chi connectivity index (χ1v) is 10.5. The molecule has 13 nitrogen and oxygen atoms in total. The predicted octanol–water partition coefficient (Wildman–Crippen LogP) is 3.39. The molecule has 186 valence electrons. The van der Waals surface area contributed by atoms with E-state index in [1.165, 1.54) is 21.3 Å². The molecule has 0 aromatic heterocycles. The molecule has 1 aliphatic heterocycles. The second-order valence-corrected chi connectivity index (χ2v) is 7.36. The average molecular weight is 486 g/mol. The predicted molar refractivity (Wildman–Crippen MR) is 123 cm³/mol. The van der Waals surface area contributed by atoms with E-state index >= 15 is 0 Å². The molecule has 2 atom stereocenters. The molecule has 0 fully saturated rings. The summed E-state index contributed by atoms with van der Waals surface area (Å²) in [4.78, 5) is 15.4. The molecular weight excluding hydrogens is 460 g/mol. The van der Waals surface area contributed by atoms with Crippen LogP contribution in [0.1, 0.15) is 11.7 Å². The van der Waals surface area contributed by atoms with E-state index in [9.17, 15) is 9.90 Å². The largest absolute Gasteiger partial charge is 0.493 e. The van der Waals surface area contributed by atoms with Gasteiger partial charge >= 0.3 is 6.09 Å². The fourth-order valence-electron chi connectivity index (χ4n) is 3.24. The third kappa shape index (κ3) is 6.43. The number of carbonyl (C=O) groups is 1. The van der Waals surface area contributed by atoms with Crippen LogP contribution < -0.4 is 24.3 Å². The molecule has 0 saturated heterocycles. The smallest absolute Gasteiger partial charge is 0.408 e. The maximum absolute atomic E-state index is 12.7. The number of benzene rings is 2. The molecule has 35 heavy (non-hydrogen) atoms. The first kappa shape index (κ1) is 25.4. The number of methoxy groups -OCH3 is 3. The second kappa shape index (κ2) is 11.8. The van der Waals surface area contributed by atoms with Gasteiger partial charge in [0, 0.05) is 10.5 Å². The molecule has 1 aliphatic rings. The summed E-state index contributed by atoms with van der Waals surface area (Å²) < 4.78 is 27.6. The number of aliphatic hydroxyl groups excluding tert-OH is 1. The molecule has 0 radical (unpaired) electrons. The lowest BCUT2D eigenvalue weighted by molar-refractivity contribution is -0.0130. The third-order valence-electron chi connectivity index (χ3n) is 5.12. The fourth-order valence-corrected chi connectivity index (χ4v) is 3.24. The van der Waals surface area contributed by atoms with Crippen LogP contribution >= 0.6 is 0 Å². The van der Waals surface area contributed by atoms with Crippen molar-refractivity contribution in [1.29, 1.82) is 0 Å². The van der Waals surface area contributed by atoms with E-state index in [1.807, 2.05) is 0 Å². The minimum atomic E-state index is -1.06. The number of nitrogens with zero attached hydrogens (tertiary/aromatic N) is 5. The summed E-state index contributed by atoms with van der Waals surface area (Å²) in [5.74, 6) is 1.67. The Morgan fingerprint density at radius 3 is 2.34 bits per heavy atom. The van der Waals surface area contributed by atoms with Gasteiger partial charge in [0.05, 0.1) is 41.0 Å². The minimum absolute atomic E-state index is 0.0271. The molecular formula is C22H26N6O7. The van der Waals surface area contributed by atoms with Crippen molar-refractivity contribution in [3.63, 3.8) is 0 Å². The molecule has 2 aromatic carbocycles. The Morgan fingerprint density at radius 1 is 1.09 bits per heavy atom. The van der Waals surface area contributed by atoms with Gasteiger partial charge in [0.25, 0.3) is 0 Å². The number of carbonyl (C=O) groups excluding carboxylic acids is 1. The first-order chi connectivity index (χ1) is 17.0. The number of ether oxygens (including phenoxy) is 5. The number of hydrogen-bond donors (Lipinski definition) is 2. The molecule has 1 amide bonds. The quantitative estimate of drug-likeness (QED) is 0.248. The molecule has 2 unspecified atom stereocenters. The lowest BCUT2D eigenvalue weighted by Gasteiger charge is -2.28. The summed E-state index contributed by atoms with van der Waals surface area (Å²) in [5.41, 5.74) is 7.99. The number of aliphatic hydroxyl groups is 1. The van der Waals surface area contributed by atoms with Crippen molar-refractivity contribution in [3.8, 4) is 23.0 Å². The molecule has 13 heteroatoms. The number of nitrogens with one attached hydrogen (secondary N) is 1. The van der Waals surface area contributed by atoms with E-state index in [0.29, 0.717) is 28.6 Å². The van der Waals surface area contributed by atoms with Gasteiger partial charge in [-0.25, -0.2) is 4.79 Å². The van der Waals surface area contributed by atoms with Crippen molar-refractivity contribution in [3.05, 3.63) is 58.5 Å². The van der Waals surface area contributed by atoms with Gasteiger partial charge in [-0.05, 0) is 29.8 Å². The maximum Gasteiger partial charge on any atom is 0.408 e. The number of hydrogen-bond acceptors (Lipinski definition) is 10. The summed E-state index contributed by atoms with van der Waals surface area (Å²) in [7, 11) is 4.47. The van der Waals surface area contributed by atoms with Gasteiger partial charge in [-0.15, -0.1) is 0 Å². The molecule has 2 aromatic rings. The number of amides is 1. The van der Waals surface area contributed by atoms with Crippen LogP contribution in [0.5, 0.6) is 23.0 Å². The van der Waals surface area contributed by atoms with Crippen LogP contribution in [0.4, 0.5) is 4.79 Å². The maximum atomic E-state index is 12.7. The van der Waals surface area contributed by atoms with Crippen LogP contribution in [0, 0.1) is 0 Å². The number of para-hydroxylation sites is 2. The molecule has 0 spiro atoms. The Labute approximate surface area is 201 Å². The van der Waals surface area contributed by atoms with E-state index in [0.717, 1.165) is 0 Å². The summed E-state index contributed by atoms with van der Waals surface area (Å²) in [5, 5.41) is 23.8. The van der Waals surface area contributed by atoms with Crippen LogP contribution in [0.3, 0.4) is 0 Å². The van der Waals surface area contributed by atoms with Gasteiger partial charge in [-0.2, -0.15) is 10.2 Å². The topological polar surface area (TPSA) is 169 Å². The number of rotatable bonds is 13. The Kier molecular flexibility index (Phi) is 8.54. The summed E-state index contributed by atoms with van der Waals surface area (Å²) in [6.07, 6.45) is -2.89. The van der Waals surface area contributed by atoms with Gasteiger partial charge in [-0.3, -0.25) is 0 Å². The van der Waals surface area contributed by atoms with E-state index in [4.69, 9.17) is 29.2 Å². The van der Waals surface area contributed by atoms with Crippen LogP contribution in [-0.2, 0) is 4.74 Å². The SMILES string of the molecule is COc1ccc(C(OC(=O)NCC2(CN=[N+]=[N-])N=N2)C(CO)Oc2ccccc2OC)cc1OC. The standard InChI is InChI=1S/C22H26N6O7/c1-31-15-6-4-5-7-17(15)34-19(11-29)20(14-8-9-16(32-2)18(10-14)33-3)35-21(30)24-12-22(26-27-22)13-25-28-23/h4-10,19-20,29H,11-13H2,1-3H3,(H,24,30). The van der Waals surface area contributed by atoms with E-state index < -0.39 is 30.6 Å². The van der Waals surface area contributed by atoms with Gasteiger partial charge in [0.2, 0.25) is 5.66 Å². The normalized spacial score (nSPS) is 14.6. The van der Waals surface area contributed by atoms with E-state index in [2.05, 4.69) is 25.6 Å². The average Bonchev–Trinajstić information content (AvgIpc) is 3.68. The van der Waals surface area contributed by atoms with Crippen molar-refractivity contribution in [2.75, 3.05) is 41.0 Å². The Morgan fingerprint density at radius 2 is 1.74 bits per heavy atom. The van der Waals surface area contributed by atoms with Gasteiger partial charge in [-0.1, -0.05) is 23.3 Å². The molecule has 0 saturated carbocycles. The minimum Gasteiger partial charge on any atom is -0.493 e. The highest BCUT2D eigenvalue weighted by atomic mass is 16.6. The zero-order valence-corrected chi connectivity index (χ0v) is 19.5. The van der Waals surface area contributed by atoms with Crippen molar-refractivity contribution >= 4 is 6.09 Å². The molecule has 1 heterocycles. The third-order valence-corrected chi connectivity index (χ3v) is 5.12. The molecule has 2 N–H and O–H groups in total. The van der Waals surface area contributed by atoms with Crippen molar-refractivity contribution in [2.24, 2.45) is 15.3 Å². The van der Waals surface area contributed by atoms with Gasteiger partial charge in [0.1, 0.15) is 0 Å². The van der Waals surface area contributed by atoms with Crippen molar-refractivity contribution < 1.29 is 33.6 Å². The van der Waals surface area contributed by atoms with Crippen LogP contribution in [0.25, 0.3) is 10.4 Å². The molecule has 0 aliphatic carbocycles. The highest BCUT2D eigenvalue weighted by Gasteiger charge is 2.40. The summed E-state index contributed by atoms with van der Waals surface area (Å²) in [6.45, 7) is -0.546. The summed E-state index contributed by atoms with van der Waals surface area (Å²) in [6, 6.07) is 11.8. The fraction of sp³-hybridized carbons (Fsp3) is 0.409. The van der Waals surface area contributed by atoms with E-state index in [-0.39, 0.29) is 13.1 Å². The highest BCUT2D eigenvalue weighted by Crippen LogP contribution is 2.35. The first-order valence-electron chi connectivity index (χ1n) is 10.5. The zero-order valence-electron chi connectivity index (χ0n) is 19.5. The zero-order chi connectivity index (χ0) is 25.3. The van der Waals surface area contributed by atoms with Gasteiger partial charge < -0.3 is 34.1 Å². The van der Waals surface area contributed by atoms with Crippen molar-refractivity contribution in [1.82, 2.24) is 5.32 Å². The Balaban J connectivity index is 1.84. The van der Waals surface area contributed by atoms with Crippen LogP contribution in [0.15, 0.2) is 57.8 Å². The lowest BCUT2D eigenvalue weighted by atomic mass is 10.0. The van der Waals surface area contributed by atoms with Crippen LogP contribution in [-0.4, -0.2) is 64.0 Å². The lowest BCUT2D eigenvalue weighted by Crippen LogP contribution is -2.39. The van der Waals surface area contributed by atoms with E-state index in [1.54, 1.807) is 42.5 Å². The highest BCUT2D eigenvalue weighted by molar-refractivity contribution is 5.68. The Bertz CT molecular complexity index is 1100. The Hall–Kier alpha value is -4.22. The second-order valence-electron chi connectivity index (χ2n) is 7.36. The number of alkyl carbamates (subject to hydrolysis) is 1. The number of azide groups is 1. The van der Waals surface area contributed by atoms with Crippen molar-refractivity contribution in [2.45, 2.75) is 17.9 Å².